The molecule has 0 unspecified atom stereocenters. The van der Waals surface area contributed by atoms with Gasteiger partial charge in [0.2, 0.25) is 0 Å². The first-order valence-electron chi connectivity index (χ1n) is 2.23. The summed E-state index contributed by atoms with van der Waals surface area (Å²) in [6.07, 6.45) is 0. The van der Waals surface area contributed by atoms with E-state index in [9.17, 15) is 4.39 Å². The van der Waals surface area contributed by atoms with E-state index in [1.54, 1.807) is 0 Å². The van der Waals surface area contributed by atoms with E-state index < -0.39 is 0 Å². The molecule has 0 radical (unpaired) electrons. The molecule has 10 heavy (non-hydrogen) atoms. The number of aromatic hydroxyl groups is 1. The van der Waals surface area contributed by atoms with Crippen LogP contribution in [0.25, 0.3) is 0 Å². The van der Waals surface area contributed by atoms with Gasteiger partial charge in [0.15, 0.2) is 0 Å². The van der Waals surface area contributed by atoms with Crippen molar-refractivity contribution >= 4 is 0 Å². The second kappa shape index (κ2) is 4.67. The van der Waals surface area contributed by atoms with Crippen molar-refractivity contribution < 1.29 is 18.9 Å². The number of phenolic OH excluding ortho intramolecular Hbond substituents is 1. The monoisotopic (exact) mass is 152 g/mol. The van der Waals surface area contributed by atoms with Crippen molar-refractivity contribution in [2.24, 2.45) is 0 Å². The van der Waals surface area contributed by atoms with Crippen LogP contribution in [0.4, 0.5) is 13.8 Å². The average Bonchev–Trinajstić information content (AvgIpc) is 1.77. The lowest BCUT2D eigenvalue weighted by atomic mass is 10.3. The molecule has 4 heteroatoms. The summed E-state index contributed by atoms with van der Waals surface area (Å²) >= 11 is 0. The van der Waals surface area contributed by atoms with Gasteiger partial charge in [-0.2, -0.15) is 0 Å². The number of phenols is 1. The summed E-state index contributed by atoms with van der Waals surface area (Å²) in [7, 11) is 0. The molecule has 1 N–H and O–H groups in total. The summed E-state index contributed by atoms with van der Waals surface area (Å²) in [5.74, 6) is -0.241. The van der Waals surface area contributed by atoms with Gasteiger partial charge in [0, 0.05) is 0 Å². The summed E-state index contributed by atoms with van der Waals surface area (Å²) in [5, 5.41) is 8.59. The molecular weight excluding hydrogens is 145 g/mol. The lowest BCUT2D eigenvalue weighted by Gasteiger charge is -1.86. The first kappa shape index (κ1) is 11.6. The van der Waals surface area contributed by atoms with Crippen molar-refractivity contribution in [2.75, 3.05) is 0 Å². The van der Waals surface area contributed by atoms with Crippen LogP contribution in [0.5, 0.6) is 5.75 Å². The second-order valence-electron chi connectivity index (χ2n) is 1.48. The third kappa shape index (κ3) is 2.96. The first-order valence-corrected chi connectivity index (χ1v) is 2.23. The Bertz CT molecular complexity index is 152. The van der Waals surface area contributed by atoms with Crippen LogP contribution in [0.2, 0.25) is 0 Å². The fourth-order valence-corrected chi connectivity index (χ4v) is 0.441. The van der Waals surface area contributed by atoms with Gasteiger partial charge < -0.3 is 5.11 Å². The van der Waals surface area contributed by atoms with Crippen LogP contribution < -0.4 is 0 Å². The Morgan fingerprint density at radius 2 is 1.40 bits per heavy atom. The Kier molecular flexibility index (Phi) is 5.41. The Hall–Kier alpha value is -1.19. The molecule has 0 fully saturated rings. The van der Waals surface area contributed by atoms with E-state index in [1.807, 2.05) is 0 Å². The van der Waals surface area contributed by atoms with Gasteiger partial charge in [-0.1, -0.05) is 0 Å². The summed E-state index contributed by atoms with van der Waals surface area (Å²) in [5.41, 5.74) is 0. The number of benzene rings is 1. The third-order valence-electron chi connectivity index (χ3n) is 0.827. The lowest BCUT2D eigenvalue weighted by molar-refractivity contribution is 0.473. The highest BCUT2D eigenvalue weighted by molar-refractivity contribution is 5.19. The molecule has 0 aromatic heterocycles. The maximum absolute atomic E-state index is 12.0. The molecule has 1 rings (SSSR count). The van der Waals surface area contributed by atoms with Crippen molar-refractivity contribution in [3.8, 4) is 5.75 Å². The van der Waals surface area contributed by atoms with Crippen molar-refractivity contribution in [1.29, 1.82) is 0 Å². The Morgan fingerprint density at radius 1 is 1.00 bits per heavy atom. The van der Waals surface area contributed by atoms with Gasteiger partial charge in [-0.25, -0.2) is 4.39 Å². The molecular formula is C6H7F3O. The zero-order chi connectivity index (χ0) is 5.98. The number of rotatable bonds is 0. The van der Waals surface area contributed by atoms with Crippen molar-refractivity contribution in [3.05, 3.63) is 30.1 Å². The molecule has 0 aliphatic heterocycles. The molecule has 58 valence electrons. The van der Waals surface area contributed by atoms with Crippen LogP contribution in [0.1, 0.15) is 0 Å². The van der Waals surface area contributed by atoms with Crippen LogP contribution in [0.15, 0.2) is 24.3 Å². The molecule has 0 saturated heterocycles. The highest BCUT2D eigenvalue weighted by Gasteiger charge is 1.85. The third-order valence-corrected chi connectivity index (χ3v) is 0.827. The van der Waals surface area contributed by atoms with Crippen molar-refractivity contribution in [2.45, 2.75) is 0 Å². The van der Waals surface area contributed by atoms with Gasteiger partial charge in [0.25, 0.3) is 0 Å². The summed E-state index contributed by atoms with van der Waals surface area (Å²) in [4.78, 5) is 0. The largest absolute Gasteiger partial charge is 0.508 e. The van der Waals surface area contributed by atoms with Gasteiger partial charge in [0.1, 0.15) is 11.6 Å². The predicted octanol–water partition coefficient (Wildman–Crippen LogP) is 1.84. The lowest BCUT2D eigenvalue weighted by Crippen LogP contribution is -1.67. The smallest absolute Gasteiger partial charge is 0.123 e. The molecule has 0 amide bonds. The van der Waals surface area contributed by atoms with Gasteiger partial charge in [-0.05, 0) is 24.3 Å². The van der Waals surface area contributed by atoms with Crippen LogP contribution >= 0.6 is 0 Å². The first-order chi connectivity index (χ1) is 3.79. The highest BCUT2D eigenvalue weighted by atomic mass is 19.1. The molecule has 0 saturated carbocycles. The van der Waals surface area contributed by atoms with E-state index in [0.29, 0.717) is 0 Å². The van der Waals surface area contributed by atoms with Gasteiger partial charge in [-0.3, -0.25) is 9.41 Å². The fourth-order valence-electron chi connectivity index (χ4n) is 0.441. The highest BCUT2D eigenvalue weighted by Crippen LogP contribution is 2.06. The average molecular weight is 152 g/mol. The summed E-state index contributed by atoms with van der Waals surface area (Å²) in [6, 6.07) is 5.01. The Morgan fingerprint density at radius 3 is 1.70 bits per heavy atom. The zero-order valence-electron chi connectivity index (χ0n) is 4.95. The number of hydrogen-bond acceptors (Lipinski definition) is 1. The van der Waals surface area contributed by atoms with Crippen LogP contribution in [0.3, 0.4) is 0 Å². The second-order valence-corrected chi connectivity index (χ2v) is 1.48. The molecule has 0 atom stereocenters. The molecule has 1 nitrogen and oxygen atoms in total. The van der Waals surface area contributed by atoms with Gasteiger partial charge in [0.05, 0.1) is 0 Å². The van der Waals surface area contributed by atoms with E-state index in [0.717, 1.165) is 0 Å². The minimum Gasteiger partial charge on any atom is -0.508 e. The van der Waals surface area contributed by atoms with Crippen LogP contribution in [-0.4, -0.2) is 5.11 Å². The van der Waals surface area contributed by atoms with Gasteiger partial charge in [-0.15, -0.1) is 0 Å². The van der Waals surface area contributed by atoms with E-state index in [-0.39, 0.29) is 21.0 Å². The summed E-state index contributed by atoms with van der Waals surface area (Å²) in [6.45, 7) is 0. The maximum atomic E-state index is 12.0. The fraction of sp³-hybridized carbons (Fsp3) is 0. The van der Waals surface area contributed by atoms with E-state index in [1.165, 1.54) is 24.3 Å². The number of halogens is 3. The minimum atomic E-state index is -0.331. The van der Waals surface area contributed by atoms with E-state index >= 15 is 0 Å². The van der Waals surface area contributed by atoms with Crippen molar-refractivity contribution in [1.82, 2.24) is 0 Å². The summed E-state index contributed by atoms with van der Waals surface area (Å²) < 4.78 is 12.0. The Balaban J connectivity index is 0. The Labute approximate surface area is 55.8 Å². The molecule has 1 aromatic carbocycles. The number of hydrogen-bond donors (Lipinski definition) is 1. The van der Waals surface area contributed by atoms with Crippen LogP contribution in [-0.2, 0) is 0 Å². The minimum absolute atomic E-state index is 0. The predicted molar refractivity (Wildman–Crippen MR) is 33.1 cm³/mol. The van der Waals surface area contributed by atoms with Gasteiger partial charge >= 0.3 is 0 Å². The normalized spacial score (nSPS) is 7.30. The zero-order valence-corrected chi connectivity index (χ0v) is 4.95. The quantitative estimate of drug-likeness (QED) is 0.601. The van der Waals surface area contributed by atoms with Crippen molar-refractivity contribution in [3.63, 3.8) is 0 Å². The molecule has 1 aromatic rings. The standard InChI is InChI=1S/C6H5FO.2FH/c7-5-1-3-6(8)4-2-5;;/h1-4,8H;2*1H. The molecule has 0 spiro atoms. The maximum Gasteiger partial charge on any atom is 0.123 e. The van der Waals surface area contributed by atoms with E-state index in [2.05, 4.69) is 0 Å². The molecule has 0 aliphatic carbocycles. The molecule has 0 bridgehead atoms. The topological polar surface area (TPSA) is 20.2 Å². The molecule has 0 aliphatic rings. The SMILES string of the molecule is F.F.Oc1ccc(F)cc1. The van der Waals surface area contributed by atoms with E-state index in [4.69, 9.17) is 5.11 Å². The van der Waals surface area contributed by atoms with Crippen LogP contribution in [0, 0.1) is 5.82 Å². The molecule has 0 heterocycles.